The number of hydrogen-bond donors (Lipinski definition) is 1. The number of likely N-dealkylation sites (N-methyl/N-ethyl adjacent to an activating group) is 3. The molecule has 0 aromatic heterocycles. The van der Waals surface area contributed by atoms with Crippen LogP contribution >= 0.6 is 0 Å². The molecule has 23 heavy (non-hydrogen) atoms. The topological polar surface area (TPSA) is 21.8 Å². The van der Waals surface area contributed by atoms with E-state index < -0.39 is 10.0 Å². The summed E-state index contributed by atoms with van der Waals surface area (Å²) in [7, 11) is 5.26. The van der Waals surface area contributed by atoms with E-state index in [-0.39, 0.29) is 43.8 Å². The standard InChI is InChI=1S/C12H24F3N4.3ClH.Ti/c1-17-6-4-16-5-7-18(2)10-11(12(13,14)15)19(3)9-8-17;;;;/h16H,4-10H2,1-3H3;3*1H;/q;;;;+3/p-3. The van der Waals surface area contributed by atoms with Gasteiger partial charge in [-0.05, 0) is 0 Å². The Hall–Kier alpha value is 1.21. The average molecular weight is 436 g/mol. The number of rotatable bonds is 0. The van der Waals surface area contributed by atoms with Crippen molar-refractivity contribution >= 4 is 0 Å². The van der Waals surface area contributed by atoms with E-state index in [1.165, 1.54) is 25.3 Å². The Morgan fingerprint density at radius 3 is 1.83 bits per heavy atom. The van der Waals surface area contributed by atoms with Crippen LogP contribution in [0.15, 0.2) is 0 Å². The Balaban J connectivity index is -0.00000133. The van der Waals surface area contributed by atoms with E-state index >= 15 is 0 Å². The predicted octanol–water partition coefficient (Wildman–Crippen LogP) is -8.80. The molecule has 1 atom stereocenters. The van der Waals surface area contributed by atoms with Crippen LogP contribution in [0.5, 0.6) is 0 Å². The Morgan fingerprint density at radius 2 is 1.35 bits per heavy atom. The largest absolute Gasteiger partial charge is 1.00 e. The molecule has 138 valence electrons. The van der Waals surface area contributed by atoms with Crippen molar-refractivity contribution in [2.75, 3.05) is 67.0 Å². The molecule has 1 N–H and O–H groups in total. The van der Waals surface area contributed by atoms with Gasteiger partial charge in [-0.15, -0.1) is 0 Å². The Morgan fingerprint density at radius 1 is 0.870 bits per heavy atom. The maximum atomic E-state index is 13.5. The minimum absolute atomic E-state index is 0. The summed E-state index contributed by atoms with van der Waals surface area (Å²) in [6.07, 6.45) is -4.24. The van der Waals surface area contributed by atoms with Crippen molar-refractivity contribution in [3.8, 4) is 0 Å². The fourth-order valence-corrected chi connectivity index (χ4v) is 2.78. The smallest absolute Gasteiger partial charge is 1.00 e. The predicted molar refractivity (Wildman–Crippen MR) is 69.3 cm³/mol. The summed E-state index contributed by atoms with van der Waals surface area (Å²) in [6, 6.07) is 0. The summed E-state index contributed by atoms with van der Waals surface area (Å²) in [6.45, 7) is 4.06. The van der Waals surface area contributed by atoms with E-state index in [1.54, 1.807) is 19.0 Å². The Bertz CT molecular complexity index is 316. The van der Waals surface area contributed by atoms with Gasteiger partial charge in [0, 0.05) is 0 Å². The second kappa shape index (κ2) is 12.5. The van der Waals surface area contributed by atoms with E-state index in [0.29, 0.717) is 26.2 Å². The van der Waals surface area contributed by atoms with Gasteiger partial charge in [-0.2, -0.15) is 0 Å². The van der Waals surface area contributed by atoms with Crippen molar-refractivity contribution in [3.05, 3.63) is 0 Å². The van der Waals surface area contributed by atoms with Crippen LogP contribution in [-0.2, 0) is 20.4 Å². The first kappa shape index (κ1) is 29.0. The Kier molecular flexibility index (Phi) is 15.8. The van der Waals surface area contributed by atoms with Crippen molar-refractivity contribution in [3.63, 3.8) is 0 Å². The number of nitrogens with one attached hydrogen (secondary N) is 1. The number of nitrogens with zero attached hydrogens (tertiary/aromatic N) is 3. The zero-order valence-electron chi connectivity index (χ0n) is 13.6. The molecule has 0 spiro atoms. The average Bonchev–Trinajstić information content (AvgIpc) is 2.32. The summed E-state index contributed by atoms with van der Waals surface area (Å²) in [5.41, 5.74) is 0. The van der Waals surface area contributed by atoms with Crippen LogP contribution in [0.3, 0.4) is 0 Å². The second-order valence-corrected chi connectivity index (χ2v) is 6.86. The first-order valence-electron chi connectivity index (χ1n) is 6.77. The third-order valence-electron chi connectivity index (χ3n) is 3.78. The molecular weight excluding hydrogens is 411 g/mol. The number of halogens is 6. The van der Waals surface area contributed by atoms with Crippen molar-refractivity contribution in [1.82, 2.24) is 20.0 Å². The summed E-state index contributed by atoms with van der Waals surface area (Å²) >= 11 is 1.29. The second-order valence-electron chi connectivity index (χ2n) is 5.57. The molecular formula is C12H24Cl3F3N4Ti. The monoisotopic (exact) mass is 434 g/mol. The van der Waals surface area contributed by atoms with E-state index in [9.17, 15) is 13.2 Å². The van der Waals surface area contributed by atoms with Gasteiger partial charge in [0.1, 0.15) is 0 Å². The van der Waals surface area contributed by atoms with Gasteiger partial charge in [-0.3, -0.25) is 0 Å². The fraction of sp³-hybridized carbons (Fsp3) is 1.00. The molecule has 1 saturated heterocycles. The molecule has 1 rings (SSSR count). The molecule has 1 unspecified atom stereocenters. The van der Waals surface area contributed by atoms with Crippen molar-refractivity contribution in [1.29, 1.82) is 0 Å². The van der Waals surface area contributed by atoms with Crippen LogP contribution in [0, 0.1) is 0 Å². The fourth-order valence-electron chi connectivity index (χ4n) is 2.18. The van der Waals surface area contributed by atoms with Crippen LogP contribution in [0.4, 0.5) is 13.2 Å². The van der Waals surface area contributed by atoms with Crippen LogP contribution in [0.1, 0.15) is 0 Å². The normalized spacial score (nSPS) is 26.8. The SMILES string of the molecule is CN1CCNCCN(C)C[C]([Ti+3])(C(F)(F)F)N(C)CC1.[Cl-].[Cl-].[Cl-]. The van der Waals surface area contributed by atoms with Crippen LogP contribution in [-0.4, -0.2) is 91.7 Å². The van der Waals surface area contributed by atoms with Gasteiger partial charge in [0.15, 0.2) is 0 Å². The molecule has 0 amide bonds. The summed E-state index contributed by atoms with van der Waals surface area (Å²) < 4.78 is 38.6. The molecule has 0 aliphatic carbocycles. The molecule has 0 bridgehead atoms. The first-order valence-corrected chi connectivity index (χ1v) is 7.55. The van der Waals surface area contributed by atoms with Crippen LogP contribution < -0.4 is 42.5 Å². The van der Waals surface area contributed by atoms with Gasteiger partial charge < -0.3 is 37.2 Å². The molecule has 0 saturated carbocycles. The third kappa shape index (κ3) is 8.92. The summed E-state index contributed by atoms with van der Waals surface area (Å²) in [4.78, 5) is 5.25. The van der Waals surface area contributed by atoms with E-state index in [0.717, 1.165) is 13.1 Å². The van der Waals surface area contributed by atoms with Crippen LogP contribution in [0.25, 0.3) is 0 Å². The molecule has 1 fully saturated rings. The Labute approximate surface area is 167 Å². The minimum Gasteiger partial charge on any atom is -1.00 e. The summed E-state index contributed by atoms with van der Waals surface area (Å²) in [5, 5.41) is 3.26. The zero-order chi connectivity index (χ0) is 15.4. The van der Waals surface area contributed by atoms with Gasteiger partial charge in [-0.25, -0.2) is 0 Å². The van der Waals surface area contributed by atoms with Crippen molar-refractivity contribution < 1.29 is 70.8 Å². The van der Waals surface area contributed by atoms with E-state index in [2.05, 4.69) is 10.2 Å². The van der Waals surface area contributed by atoms with E-state index in [1.807, 2.05) is 7.05 Å². The zero-order valence-corrected chi connectivity index (χ0v) is 17.4. The summed E-state index contributed by atoms with van der Waals surface area (Å²) in [5.74, 6) is 0. The van der Waals surface area contributed by atoms with Crippen molar-refractivity contribution in [2.24, 2.45) is 0 Å². The molecule has 1 heterocycles. The molecule has 0 aromatic carbocycles. The molecule has 0 aromatic rings. The van der Waals surface area contributed by atoms with Gasteiger partial charge in [-0.1, -0.05) is 0 Å². The first-order chi connectivity index (χ1) is 9.17. The molecule has 1 aliphatic heterocycles. The van der Waals surface area contributed by atoms with Gasteiger partial charge in [0.25, 0.3) is 0 Å². The molecule has 11 heteroatoms. The van der Waals surface area contributed by atoms with Crippen LogP contribution in [0.2, 0.25) is 0 Å². The van der Waals surface area contributed by atoms with Gasteiger partial charge in [0.2, 0.25) is 0 Å². The van der Waals surface area contributed by atoms with Crippen molar-refractivity contribution in [2.45, 2.75) is 10.0 Å². The quantitative estimate of drug-likeness (QED) is 0.382. The minimum atomic E-state index is -4.24. The third-order valence-corrected chi connectivity index (χ3v) is 5.06. The maximum absolute atomic E-state index is 13.5. The number of alkyl halides is 3. The molecule has 1 aliphatic rings. The van der Waals surface area contributed by atoms with Gasteiger partial charge in [0.05, 0.1) is 0 Å². The maximum Gasteiger partial charge on any atom is -1.00 e. The van der Waals surface area contributed by atoms with Gasteiger partial charge >= 0.3 is 131 Å². The molecule has 0 radical (unpaired) electrons. The molecule has 4 nitrogen and oxygen atoms in total. The van der Waals surface area contributed by atoms with E-state index in [4.69, 9.17) is 0 Å². The number of hydrogen-bond acceptors (Lipinski definition) is 4.